The van der Waals surface area contributed by atoms with Gasteiger partial charge in [-0.05, 0) is 59.6 Å². The summed E-state index contributed by atoms with van der Waals surface area (Å²) in [6.07, 6.45) is -7.76. The first-order valence-corrected chi connectivity index (χ1v) is 14.8. The van der Waals surface area contributed by atoms with Crippen LogP contribution in [0.1, 0.15) is 57.2 Å². The Labute approximate surface area is 258 Å². The summed E-state index contributed by atoms with van der Waals surface area (Å²) < 4.78 is 81.1. The second-order valence-electron chi connectivity index (χ2n) is 12.7. The van der Waals surface area contributed by atoms with E-state index in [1.54, 1.807) is 17.0 Å². The Bertz CT molecular complexity index is 1240. The van der Waals surface area contributed by atoms with Crippen LogP contribution in [0.2, 0.25) is 0 Å². The molecule has 2 atom stereocenters. The molecule has 0 aromatic heterocycles. The van der Waals surface area contributed by atoms with E-state index in [0.717, 1.165) is 0 Å². The van der Waals surface area contributed by atoms with E-state index in [-0.39, 0.29) is 34.7 Å². The topological polar surface area (TPSA) is 91.1 Å². The van der Waals surface area contributed by atoms with Crippen LogP contribution < -0.4 is 15.8 Å². The molecule has 0 bridgehead atoms. The number of likely N-dealkylation sites (tertiary alicyclic amines) is 1. The third kappa shape index (κ3) is 9.41. The molecule has 2 saturated heterocycles. The average Bonchev–Trinajstić information content (AvgIpc) is 2.93. The number of primary amides is 1. The summed E-state index contributed by atoms with van der Waals surface area (Å²) in [4.78, 5) is 30.7. The van der Waals surface area contributed by atoms with Gasteiger partial charge in [-0.2, -0.15) is 13.2 Å². The van der Waals surface area contributed by atoms with Crippen molar-refractivity contribution in [2.45, 2.75) is 64.8 Å². The highest BCUT2D eigenvalue weighted by Crippen LogP contribution is 2.37. The summed E-state index contributed by atoms with van der Waals surface area (Å²) in [7, 11) is 0. The number of piperidine rings is 1. The van der Waals surface area contributed by atoms with Gasteiger partial charge in [0.1, 0.15) is 5.75 Å². The van der Waals surface area contributed by atoms with E-state index in [0.29, 0.717) is 63.1 Å². The highest BCUT2D eigenvalue weighted by molar-refractivity contribution is 5.77. The number of alkyl halides is 6. The molecule has 0 saturated carbocycles. The van der Waals surface area contributed by atoms with Crippen LogP contribution in [0.4, 0.5) is 36.8 Å². The van der Waals surface area contributed by atoms with Gasteiger partial charge in [-0.25, -0.2) is 4.79 Å². The first-order chi connectivity index (χ1) is 20.9. The zero-order chi connectivity index (χ0) is 33.2. The number of rotatable bonds is 7. The number of hydrogen-bond donors (Lipinski definition) is 2. The van der Waals surface area contributed by atoms with E-state index in [1.807, 2.05) is 25.7 Å². The van der Waals surface area contributed by atoms with Crippen LogP contribution in [0.15, 0.2) is 48.5 Å². The maximum absolute atomic E-state index is 13.7. The highest BCUT2D eigenvalue weighted by atomic mass is 19.4. The molecule has 2 aromatic carbocycles. The SMILES string of the molecule is CC(C)(C)[C@H]1CN(C(c2ccc(NC(F)(F)F)cc2)c2ccc(OC(F)(F)F)cc2)CCN1C(=O)CC1CCN(C(N)=O)CC1. The second kappa shape index (κ2) is 13.4. The molecular formula is C31H39F6N5O3. The van der Waals surface area contributed by atoms with Gasteiger partial charge in [0.25, 0.3) is 0 Å². The van der Waals surface area contributed by atoms with Crippen LogP contribution in [0.3, 0.4) is 0 Å². The number of carbonyl (C=O) groups excluding carboxylic acids is 2. The normalized spacial score (nSPS) is 19.7. The van der Waals surface area contributed by atoms with Gasteiger partial charge in [0, 0.05) is 50.9 Å². The average molecular weight is 644 g/mol. The maximum atomic E-state index is 13.7. The van der Waals surface area contributed by atoms with Crippen molar-refractivity contribution >= 4 is 17.6 Å². The predicted octanol–water partition coefficient (Wildman–Crippen LogP) is 6.35. The molecule has 0 radical (unpaired) electrons. The zero-order valence-corrected chi connectivity index (χ0v) is 25.4. The van der Waals surface area contributed by atoms with Gasteiger partial charge in [0.2, 0.25) is 5.91 Å². The predicted molar refractivity (Wildman–Crippen MR) is 156 cm³/mol. The summed E-state index contributed by atoms with van der Waals surface area (Å²) >= 11 is 0. The van der Waals surface area contributed by atoms with Crippen molar-refractivity contribution in [3.05, 3.63) is 59.7 Å². The number of piperazine rings is 1. The third-order valence-corrected chi connectivity index (χ3v) is 8.43. The summed E-state index contributed by atoms with van der Waals surface area (Å²) in [5, 5.41) is 1.48. The lowest BCUT2D eigenvalue weighted by molar-refractivity contribution is -0.274. The fourth-order valence-electron chi connectivity index (χ4n) is 6.18. The monoisotopic (exact) mass is 643 g/mol. The largest absolute Gasteiger partial charge is 0.573 e. The molecule has 0 spiro atoms. The number of amides is 3. The molecule has 2 heterocycles. The second-order valence-corrected chi connectivity index (χ2v) is 12.7. The van der Waals surface area contributed by atoms with E-state index in [4.69, 9.17) is 5.73 Å². The summed E-state index contributed by atoms with van der Waals surface area (Å²) in [6.45, 7) is 8.34. The van der Waals surface area contributed by atoms with Gasteiger partial charge in [0.05, 0.1) is 6.04 Å². The van der Waals surface area contributed by atoms with Crippen molar-refractivity contribution < 1.29 is 40.7 Å². The Morgan fingerprint density at radius 1 is 0.889 bits per heavy atom. The van der Waals surface area contributed by atoms with E-state index >= 15 is 0 Å². The maximum Gasteiger partial charge on any atom is 0.573 e. The van der Waals surface area contributed by atoms with Crippen molar-refractivity contribution in [3.63, 3.8) is 0 Å². The number of hydrogen-bond acceptors (Lipinski definition) is 5. The minimum Gasteiger partial charge on any atom is -0.406 e. The zero-order valence-electron chi connectivity index (χ0n) is 25.4. The van der Waals surface area contributed by atoms with Crippen molar-refractivity contribution in [2.24, 2.45) is 17.1 Å². The number of ether oxygens (including phenoxy) is 1. The fraction of sp³-hybridized carbons (Fsp3) is 0.548. The molecule has 3 amide bonds. The number of nitrogens with two attached hydrogens (primary N) is 1. The van der Waals surface area contributed by atoms with Crippen molar-refractivity contribution in [3.8, 4) is 5.75 Å². The smallest absolute Gasteiger partial charge is 0.406 e. The molecule has 8 nitrogen and oxygen atoms in total. The van der Waals surface area contributed by atoms with Crippen LogP contribution >= 0.6 is 0 Å². The molecule has 1 unspecified atom stereocenters. The van der Waals surface area contributed by atoms with E-state index in [1.165, 1.54) is 41.7 Å². The van der Waals surface area contributed by atoms with Gasteiger partial charge in [-0.15, -0.1) is 13.2 Å². The fourth-order valence-corrected chi connectivity index (χ4v) is 6.18. The van der Waals surface area contributed by atoms with Gasteiger partial charge >= 0.3 is 18.7 Å². The van der Waals surface area contributed by atoms with Gasteiger partial charge in [0.15, 0.2) is 0 Å². The first kappa shape index (κ1) is 34.2. The molecule has 0 aliphatic carbocycles. The molecule has 2 aromatic rings. The van der Waals surface area contributed by atoms with Crippen LogP contribution in [0.25, 0.3) is 0 Å². The minimum absolute atomic E-state index is 0.0138. The molecule has 2 fully saturated rings. The molecule has 2 aliphatic heterocycles. The Morgan fingerprint density at radius 2 is 1.44 bits per heavy atom. The van der Waals surface area contributed by atoms with E-state index in [9.17, 15) is 35.9 Å². The Morgan fingerprint density at radius 3 is 1.93 bits per heavy atom. The summed E-state index contributed by atoms with van der Waals surface area (Å²) in [6, 6.07) is 9.94. The van der Waals surface area contributed by atoms with Gasteiger partial charge in [-0.3, -0.25) is 15.0 Å². The van der Waals surface area contributed by atoms with E-state index < -0.39 is 24.7 Å². The third-order valence-electron chi connectivity index (χ3n) is 8.43. The number of halogens is 6. The number of benzene rings is 2. The number of nitrogens with one attached hydrogen (secondary N) is 1. The highest BCUT2D eigenvalue weighted by Gasteiger charge is 2.41. The number of urea groups is 1. The van der Waals surface area contributed by atoms with Crippen molar-refractivity contribution in [2.75, 3.05) is 38.0 Å². The van der Waals surface area contributed by atoms with Crippen LogP contribution in [0, 0.1) is 11.3 Å². The minimum atomic E-state index is -4.86. The van der Waals surface area contributed by atoms with Crippen LogP contribution in [-0.2, 0) is 4.79 Å². The summed E-state index contributed by atoms with van der Waals surface area (Å²) in [5.74, 6) is -0.250. The van der Waals surface area contributed by atoms with Crippen molar-refractivity contribution in [1.82, 2.24) is 14.7 Å². The Hall–Kier alpha value is -3.68. The number of anilines is 1. The standard InChI is InChI=1S/C31H39F6N5O3/c1-29(2,3)25-19-41(16-17-42(25)26(43)18-20-12-14-40(15-13-20)28(38)44)27(21-4-8-23(9-5-21)39-30(32,33)34)22-6-10-24(11-7-22)45-31(35,36)37/h4-11,20,25,27,39H,12-19H2,1-3H3,(H2,38,44)/t25-,27?/m1/s1. The number of nitrogens with zero attached hydrogens (tertiary/aromatic N) is 3. The van der Waals surface area contributed by atoms with Gasteiger partial charge in [-0.1, -0.05) is 45.0 Å². The lowest BCUT2D eigenvalue weighted by Gasteiger charge is -2.50. The molecule has 248 valence electrons. The van der Waals surface area contributed by atoms with Crippen LogP contribution in [-0.4, -0.2) is 78.1 Å². The molecule has 4 rings (SSSR count). The van der Waals surface area contributed by atoms with Crippen LogP contribution in [0.5, 0.6) is 5.75 Å². The lowest BCUT2D eigenvalue weighted by Crippen LogP contribution is -2.60. The molecular weight excluding hydrogens is 604 g/mol. The van der Waals surface area contributed by atoms with Gasteiger partial charge < -0.3 is 20.3 Å². The van der Waals surface area contributed by atoms with Crippen molar-refractivity contribution in [1.29, 1.82) is 0 Å². The Kier molecular flexibility index (Phi) is 10.1. The molecule has 2 aliphatic rings. The lowest BCUT2D eigenvalue weighted by atomic mass is 9.82. The molecule has 14 heteroatoms. The van der Waals surface area contributed by atoms with E-state index in [2.05, 4.69) is 9.64 Å². The Balaban J connectivity index is 1.58. The molecule has 45 heavy (non-hydrogen) atoms. The molecule has 3 N–H and O–H groups in total. The summed E-state index contributed by atoms with van der Waals surface area (Å²) in [5.41, 5.74) is 6.15. The number of carbonyl (C=O) groups is 2. The first-order valence-electron chi connectivity index (χ1n) is 14.8. The quantitative estimate of drug-likeness (QED) is 0.271.